The number of nitrogens with zero attached hydrogens (tertiary/aromatic N) is 4. The molecule has 4 nitrogen and oxygen atoms in total. The summed E-state index contributed by atoms with van der Waals surface area (Å²) in [4.78, 5) is 9.86. The molecule has 10 aromatic rings. The zero-order valence-corrected chi connectivity index (χ0v) is 38.0. The lowest BCUT2D eigenvalue weighted by molar-refractivity contribution is 0.590. The highest BCUT2D eigenvalue weighted by atomic mass is 15.2. The van der Waals surface area contributed by atoms with E-state index in [9.17, 15) is 0 Å². The first-order chi connectivity index (χ1) is 32.9. The smallest absolute Gasteiger partial charge is 0.252 e. The molecule has 0 N–H and O–H groups in total. The molecule has 5 heteroatoms. The van der Waals surface area contributed by atoms with E-state index in [4.69, 9.17) is 0 Å². The Morgan fingerprint density at radius 3 is 1.49 bits per heavy atom. The van der Waals surface area contributed by atoms with E-state index in [0.717, 1.165) is 62.6 Å². The summed E-state index contributed by atoms with van der Waals surface area (Å²) in [5, 5.41) is 2.40. The molecule has 10 aromatic carbocycles. The molecule has 0 aromatic heterocycles. The van der Waals surface area contributed by atoms with Crippen molar-refractivity contribution >= 4 is 102 Å². The summed E-state index contributed by atoms with van der Waals surface area (Å²) in [6.07, 6.45) is 0. The Bertz CT molecular complexity index is 3360. The summed E-state index contributed by atoms with van der Waals surface area (Å²) in [6, 6.07) is 88.9. The minimum absolute atomic E-state index is 0.00388. The fourth-order valence-corrected chi connectivity index (χ4v) is 10.4. The van der Waals surface area contributed by atoms with Gasteiger partial charge in [0.25, 0.3) is 6.71 Å². The second kappa shape index (κ2) is 16.3. The van der Waals surface area contributed by atoms with Gasteiger partial charge >= 0.3 is 0 Å². The maximum atomic E-state index is 2.54. The van der Waals surface area contributed by atoms with Crippen LogP contribution in [0.25, 0.3) is 10.8 Å². The highest BCUT2D eigenvalue weighted by Gasteiger charge is 2.44. The molecule has 0 amide bonds. The van der Waals surface area contributed by atoms with E-state index in [1.807, 2.05) is 0 Å². The molecule has 0 aliphatic carbocycles. The van der Waals surface area contributed by atoms with Crippen molar-refractivity contribution in [3.8, 4) is 0 Å². The van der Waals surface area contributed by atoms with Gasteiger partial charge in [0, 0.05) is 62.3 Å². The van der Waals surface area contributed by atoms with Crippen LogP contribution in [0.2, 0.25) is 0 Å². The first kappa shape index (κ1) is 40.3. The Morgan fingerprint density at radius 1 is 0.358 bits per heavy atom. The fraction of sp³-hybridized carbons (Fsp3) is 0.0645. The normalized spacial score (nSPS) is 12.6. The van der Waals surface area contributed by atoms with Crippen molar-refractivity contribution < 1.29 is 0 Å². The van der Waals surface area contributed by atoms with Gasteiger partial charge < -0.3 is 19.6 Å². The maximum Gasteiger partial charge on any atom is 0.252 e. The largest absolute Gasteiger partial charge is 0.311 e. The van der Waals surface area contributed by atoms with E-state index in [-0.39, 0.29) is 12.1 Å². The molecule has 67 heavy (non-hydrogen) atoms. The molecule has 0 spiro atoms. The van der Waals surface area contributed by atoms with E-state index in [2.05, 4.69) is 283 Å². The lowest BCUT2D eigenvalue weighted by Crippen LogP contribution is -2.61. The number of para-hydroxylation sites is 5. The quantitative estimate of drug-likeness (QED) is 0.141. The van der Waals surface area contributed by atoms with Crippen LogP contribution in [-0.2, 0) is 5.41 Å². The van der Waals surface area contributed by atoms with Gasteiger partial charge in [0.05, 0.1) is 11.4 Å². The molecule has 0 fully saturated rings. The number of rotatable bonds is 8. The number of benzene rings is 10. The SMILES string of the molecule is CC(C)(C)c1ccc(N2c3cc(N(c4ccccc4)c4cccc5ccccc45)ccc3B3c4ccccc4N(c4ccccc4)c4cc(N(c5ccccc5)c5ccccc5)cc2c43)cc1. The van der Waals surface area contributed by atoms with Gasteiger partial charge in [0.2, 0.25) is 0 Å². The molecule has 320 valence electrons. The van der Waals surface area contributed by atoms with Crippen LogP contribution in [0.15, 0.2) is 243 Å². The minimum Gasteiger partial charge on any atom is -0.311 e. The highest BCUT2D eigenvalue weighted by molar-refractivity contribution is 7.00. The summed E-state index contributed by atoms with van der Waals surface area (Å²) in [6.45, 7) is 6.82. The second-order valence-electron chi connectivity index (χ2n) is 18.6. The molecule has 0 atom stereocenters. The zero-order valence-electron chi connectivity index (χ0n) is 38.0. The molecule has 0 saturated heterocycles. The standard InChI is InChI=1S/C62H49BN4/c1-62(2,3)45-35-37-50(38-36-45)67-58-41-51(65(48-27-12-6-13-28-48)56-34-20-22-44-21-16-17-31-53(44)56)39-40-55(58)63-54-32-18-19-33-57(54)66(49-29-14-7-15-30-49)59-42-52(43-60(67)61(59)63)64(46-23-8-4-9-24-46)47-25-10-5-11-26-47/h4-43H,1-3H3. The van der Waals surface area contributed by atoms with Crippen molar-refractivity contribution in [3.05, 3.63) is 248 Å². The number of hydrogen-bond acceptors (Lipinski definition) is 4. The Kier molecular flexibility index (Phi) is 9.80. The average Bonchev–Trinajstić information content (AvgIpc) is 3.37. The monoisotopic (exact) mass is 860 g/mol. The first-order valence-corrected chi connectivity index (χ1v) is 23.3. The molecule has 0 unspecified atom stereocenters. The van der Waals surface area contributed by atoms with Crippen molar-refractivity contribution in [2.24, 2.45) is 0 Å². The third kappa shape index (κ3) is 6.94. The summed E-state index contributed by atoms with van der Waals surface area (Å²) in [5.74, 6) is 0. The van der Waals surface area contributed by atoms with Gasteiger partial charge in [-0.2, -0.15) is 0 Å². The number of hydrogen-bond donors (Lipinski definition) is 0. The van der Waals surface area contributed by atoms with Crippen molar-refractivity contribution in [2.45, 2.75) is 26.2 Å². The van der Waals surface area contributed by atoms with Crippen LogP contribution < -0.4 is 36.0 Å². The number of anilines is 12. The Hall–Kier alpha value is -8.28. The highest BCUT2D eigenvalue weighted by Crippen LogP contribution is 2.49. The molecule has 0 radical (unpaired) electrons. The van der Waals surface area contributed by atoms with E-state index in [1.165, 1.54) is 38.4 Å². The Morgan fingerprint density at radius 2 is 0.851 bits per heavy atom. The van der Waals surface area contributed by atoms with E-state index >= 15 is 0 Å². The van der Waals surface area contributed by atoms with Gasteiger partial charge in [-0.1, -0.05) is 166 Å². The van der Waals surface area contributed by atoms with Crippen LogP contribution in [0.5, 0.6) is 0 Å². The van der Waals surface area contributed by atoms with E-state index < -0.39 is 0 Å². The molecular formula is C62H49BN4. The van der Waals surface area contributed by atoms with Crippen molar-refractivity contribution in [1.82, 2.24) is 0 Å². The van der Waals surface area contributed by atoms with Gasteiger partial charge in [-0.3, -0.25) is 0 Å². The molecule has 2 aliphatic heterocycles. The van der Waals surface area contributed by atoms with E-state index in [1.54, 1.807) is 0 Å². The summed E-state index contributed by atoms with van der Waals surface area (Å²) in [7, 11) is 0. The zero-order chi connectivity index (χ0) is 45.1. The van der Waals surface area contributed by atoms with Gasteiger partial charge in [0.1, 0.15) is 0 Å². The van der Waals surface area contributed by atoms with Crippen LogP contribution >= 0.6 is 0 Å². The second-order valence-corrected chi connectivity index (χ2v) is 18.6. The summed E-state index contributed by atoms with van der Waals surface area (Å²) < 4.78 is 0. The van der Waals surface area contributed by atoms with Crippen LogP contribution in [0, 0.1) is 0 Å². The molecular weight excluding hydrogens is 812 g/mol. The minimum atomic E-state index is -0.0472. The molecule has 2 aliphatic rings. The van der Waals surface area contributed by atoms with Crippen LogP contribution in [0.4, 0.5) is 68.2 Å². The molecule has 0 saturated carbocycles. The molecule has 2 heterocycles. The Labute approximate surface area is 394 Å². The van der Waals surface area contributed by atoms with Gasteiger partial charge in [-0.25, -0.2) is 0 Å². The van der Waals surface area contributed by atoms with Crippen molar-refractivity contribution in [1.29, 1.82) is 0 Å². The van der Waals surface area contributed by atoms with E-state index in [0.29, 0.717) is 0 Å². The average molecular weight is 861 g/mol. The lowest BCUT2D eigenvalue weighted by Gasteiger charge is -2.45. The maximum absolute atomic E-state index is 2.54. The summed E-state index contributed by atoms with van der Waals surface area (Å²) in [5.41, 5.74) is 18.6. The fourth-order valence-electron chi connectivity index (χ4n) is 10.4. The summed E-state index contributed by atoms with van der Waals surface area (Å²) >= 11 is 0. The third-order valence-corrected chi connectivity index (χ3v) is 13.5. The van der Waals surface area contributed by atoms with Crippen LogP contribution in [0.1, 0.15) is 26.3 Å². The molecule has 0 bridgehead atoms. The van der Waals surface area contributed by atoms with Crippen molar-refractivity contribution in [2.75, 3.05) is 19.6 Å². The van der Waals surface area contributed by atoms with Crippen LogP contribution in [-0.4, -0.2) is 6.71 Å². The first-order valence-electron chi connectivity index (χ1n) is 23.3. The van der Waals surface area contributed by atoms with Crippen molar-refractivity contribution in [3.63, 3.8) is 0 Å². The van der Waals surface area contributed by atoms with Gasteiger partial charge in [-0.15, -0.1) is 0 Å². The van der Waals surface area contributed by atoms with Gasteiger partial charge in [0.15, 0.2) is 0 Å². The Balaban J connectivity index is 1.18. The van der Waals surface area contributed by atoms with Gasteiger partial charge in [-0.05, 0) is 130 Å². The topological polar surface area (TPSA) is 13.0 Å². The predicted octanol–water partition coefficient (Wildman–Crippen LogP) is 15.2. The lowest BCUT2D eigenvalue weighted by atomic mass is 9.33. The number of fused-ring (bicyclic) bond motifs is 5. The van der Waals surface area contributed by atoms with Crippen LogP contribution in [0.3, 0.4) is 0 Å². The molecule has 12 rings (SSSR count). The third-order valence-electron chi connectivity index (χ3n) is 13.5. The predicted molar refractivity (Wildman–Crippen MR) is 286 cm³/mol.